The Bertz CT molecular complexity index is 759. The molecule has 1 aliphatic heterocycles. The van der Waals surface area contributed by atoms with Crippen molar-refractivity contribution in [3.8, 4) is 5.75 Å². The minimum Gasteiger partial charge on any atom is -0.487 e. The van der Waals surface area contributed by atoms with E-state index in [1.54, 1.807) is 0 Å². The lowest BCUT2D eigenvalue weighted by atomic mass is 10.2. The van der Waals surface area contributed by atoms with Crippen molar-refractivity contribution in [3.05, 3.63) is 63.6 Å². The van der Waals surface area contributed by atoms with Crippen LogP contribution in [-0.2, 0) is 6.61 Å². The van der Waals surface area contributed by atoms with Crippen LogP contribution in [0, 0.1) is 0 Å². The molecule has 0 N–H and O–H groups in total. The van der Waals surface area contributed by atoms with Gasteiger partial charge in [-0.25, -0.2) is 0 Å². The molecule has 6 heteroatoms. The smallest absolute Gasteiger partial charge is 0.138 e. The van der Waals surface area contributed by atoms with Gasteiger partial charge in [-0.15, -0.1) is 0 Å². The number of hydrogen-bond donors (Lipinski definition) is 0. The molecule has 0 unspecified atom stereocenters. The summed E-state index contributed by atoms with van der Waals surface area (Å²) in [6.45, 7) is 7.74. The number of rotatable bonds is 5. The molecule has 1 fully saturated rings. The fourth-order valence-electron chi connectivity index (χ4n) is 2.94. The van der Waals surface area contributed by atoms with Gasteiger partial charge in [-0.2, -0.15) is 0 Å². The number of halogens is 2. The van der Waals surface area contributed by atoms with Crippen LogP contribution in [0.15, 0.2) is 42.5 Å². The molecule has 3 nitrogen and oxygen atoms in total. The summed E-state index contributed by atoms with van der Waals surface area (Å²) in [7, 11) is 0. The first-order valence-corrected chi connectivity index (χ1v) is 9.91. The molecule has 1 heterocycles. The molecule has 0 saturated carbocycles. The van der Waals surface area contributed by atoms with Crippen LogP contribution >= 0.6 is 35.4 Å². The van der Waals surface area contributed by atoms with Gasteiger partial charge in [-0.3, -0.25) is 0 Å². The maximum absolute atomic E-state index is 6.42. The molecule has 0 spiro atoms. The summed E-state index contributed by atoms with van der Waals surface area (Å²) < 4.78 is 5.83. The van der Waals surface area contributed by atoms with Gasteiger partial charge in [-0.1, -0.05) is 54.5 Å². The van der Waals surface area contributed by atoms with Gasteiger partial charge < -0.3 is 14.5 Å². The molecule has 1 aliphatic rings. The second-order valence-corrected chi connectivity index (χ2v) is 7.52. The summed E-state index contributed by atoms with van der Waals surface area (Å²) in [6, 6.07) is 13.3. The van der Waals surface area contributed by atoms with Crippen molar-refractivity contribution < 1.29 is 4.74 Å². The van der Waals surface area contributed by atoms with E-state index in [2.05, 4.69) is 16.7 Å². The molecule has 2 aromatic carbocycles. The lowest BCUT2D eigenvalue weighted by molar-refractivity contribution is 0.192. The zero-order valence-corrected chi connectivity index (χ0v) is 17.1. The van der Waals surface area contributed by atoms with Crippen LogP contribution in [0.4, 0.5) is 0 Å². The normalized spacial score (nSPS) is 15.1. The third-order valence-corrected chi connectivity index (χ3v) is 5.63. The first-order valence-electron chi connectivity index (χ1n) is 8.75. The number of ether oxygens (including phenoxy) is 1. The summed E-state index contributed by atoms with van der Waals surface area (Å²) in [5, 5.41) is 1.29. The Morgan fingerprint density at radius 2 is 1.73 bits per heavy atom. The standard InChI is InChI=1S/C20H22Cl2N2OS/c1-2-23-9-11-24(12-10-23)20(26)16-5-8-19(18(22)13-16)25-14-15-3-6-17(21)7-4-15/h3-8,13H,2,9-12,14H2,1H3. The van der Waals surface area contributed by atoms with E-state index < -0.39 is 0 Å². The van der Waals surface area contributed by atoms with Crippen molar-refractivity contribution in [2.75, 3.05) is 32.7 Å². The second kappa shape index (κ2) is 9.05. The average molecular weight is 409 g/mol. The molecule has 0 atom stereocenters. The highest BCUT2D eigenvalue weighted by Crippen LogP contribution is 2.27. The Balaban J connectivity index is 1.61. The van der Waals surface area contributed by atoms with E-state index in [-0.39, 0.29) is 0 Å². The van der Waals surface area contributed by atoms with Crippen molar-refractivity contribution in [1.29, 1.82) is 0 Å². The number of piperazine rings is 1. The van der Waals surface area contributed by atoms with E-state index in [9.17, 15) is 0 Å². The number of hydrogen-bond acceptors (Lipinski definition) is 3. The summed E-state index contributed by atoms with van der Waals surface area (Å²) >= 11 is 18.0. The van der Waals surface area contributed by atoms with Gasteiger partial charge in [0, 0.05) is 36.8 Å². The minimum absolute atomic E-state index is 0.444. The molecule has 3 rings (SSSR count). The van der Waals surface area contributed by atoms with E-state index in [4.69, 9.17) is 40.2 Å². The van der Waals surface area contributed by atoms with Gasteiger partial charge in [-0.05, 0) is 42.4 Å². The van der Waals surface area contributed by atoms with Crippen molar-refractivity contribution >= 4 is 40.4 Å². The van der Waals surface area contributed by atoms with Crippen LogP contribution in [-0.4, -0.2) is 47.5 Å². The van der Waals surface area contributed by atoms with E-state index >= 15 is 0 Å². The molecular formula is C20H22Cl2N2OS. The Morgan fingerprint density at radius 3 is 2.35 bits per heavy atom. The Labute approximate surface area is 170 Å². The monoisotopic (exact) mass is 408 g/mol. The average Bonchev–Trinajstić information content (AvgIpc) is 2.68. The van der Waals surface area contributed by atoms with Crippen LogP contribution in [0.25, 0.3) is 0 Å². The molecule has 2 aromatic rings. The lowest BCUT2D eigenvalue weighted by Gasteiger charge is -2.35. The van der Waals surface area contributed by atoms with Crippen molar-refractivity contribution in [2.24, 2.45) is 0 Å². The highest BCUT2D eigenvalue weighted by Gasteiger charge is 2.19. The molecule has 0 amide bonds. The van der Waals surface area contributed by atoms with Gasteiger partial charge >= 0.3 is 0 Å². The highest BCUT2D eigenvalue weighted by molar-refractivity contribution is 7.80. The topological polar surface area (TPSA) is 15.7 Å². The first-order chi connectivity index (χ1) is 12.6. The first kappa shape index (κ1) is 19.4. The summed E-state index contributed by atoms with van der Waals surface area (Å²) in [6.07, 6.45) is 0. The largest absolute Gasteiger partial charge is 0.487 e. The minimum atomic E-state index is 0.444. The highest BCUT2D eigenvalue weighted by atomic mass is 35.5. The number of nitrogens with zero attached hydrogens (tertiary/aromatic N) is 2. The van der Waals surface area contributed by atoms with Gasteiger partial charge in [0.25, 0.3) is 0 Å². The van der Waals surface area contributed by atoms with Crippen LogP contribution in [0.2, 0.25) is 10.0 Å². The summed E-state index contributed by atoms with van der Waals surface area (Å²) in [5.74, 6) is 0.656. The van der Waals surface area contributed by atoms with Crippen molar-refractivity contribution in [2.45, 2.75) is 13.5 Å². The van der Waals surface area contributed by atoms with Gasteiger partial charge in [0.2, 0.25) is 0 Å². The maximum atomic E-state index is 6.42. The second-order valence-electron chi connectivity index (χ2n) is 6.29. The van der Waals surface area contributed by atoms with E-state index in [1.807, 2.05) is 42.5 Å². The van der Waals surface area contributed by atoms with Crippen molar-refractivity contribution in [3.63, 3.8) is 0 Å². The number of thiocarbonyl (C=S) groups is 1. The molecule has 0 aromatic heterocycles. The van der Waals surface area contributed by atoms with Crippen LogP contribution < -0.4 is 4.74 Å². The fraction of sp³-hybridized carbons (Fsp3) is 0.350. The zero-order valence-electron chi connectivity index (χ0n) is 14.8. The summed E-state index contributed by atoms with van der Waals surface area (Å²) in [4.78, 5) is 5.54. The predicted octanol–water partition coefficient (Wildman–Crippen LogP) is 4.89. The fourth-order valence-corrected chi connectivity index (χ4v) is 3.61. The molecular weight excluding hydrogens is 387 g/mol. The SMILES string of the molecule is CCN1CCN(C(=S)c2ccc(OCc3ccc(Cl)cc3)c(Cl)c2)CC1. The Hall–Kier alpha value is -1.33. The van der Waals surface area contributed by atoms with Gasteiger partial charge in [0.05, 0.1) is 5.02 Å². The van der Waals surface area contributed by atoms with Gasteiger partial charge in [0.15, 0.2) is 0 Å². The molecule has 138 valence electrons. The van der Waals surface area contributed by atoms with E-state index in [0.29, 0.717) is 22.4 Å². The number of benzene rings is 2. The lowest BCUT2D eigenvalue weighted by Crippen LogP contribution is -2.48. The quantitative estimate of drug-likeness (QED) is 0.654. The predicted molar refractivity (Wildman–Crippen MR) is 113 cm³/mol. The number of likely N-dealkylation sites (N-methyl/N-ethyl adjacent to an activating group) is 1. The van der Waals surface area contributed by atoms with Crippen molar-refractivity contribution in [1.82, 2.24) is 9.80 Å². The molecule has 26 heavy (non-hydrogen) atoms. The van der Waals surface area contributed by atoms with Gasteiger partial charge in [0.1, 0.15) is 17.3 Å². The molecule has 0 bridgehead atoms. The Morgan fingerprint density at radius 1 is 1.04 bits per heavy atom. The third-order valence-electron chi connectivity index (χ3n) is 4.59. The Kier molecular flexibility index (Phi) is 6.76. The molecule has 0 radical (unpaired) electrons. The maximum Gasteiger partial charge on any atom is 0.138 e. The van der Waals surface area contributed by atoms with Crippen LogP contribution in [0.1, 0.15) is 18.1 Å². The van der Waals surface area contributed by atoms with E-state index in [0.717, 1.165) is 48.8 Å². The molecule has 0 aliphatic carbocycles. The van der Waals surface area contributed by atoms with E-state index in [1.165, 1.54) is 0 Å². The third kappa shape index (κ3) is 4.89. The van der Waals surface area contributed by atoms with Crippen LogP contribution in [0.3, 0.4) is 0 Å². The van der Waals surface area contributed by atoms with Crippen LogP contribution in [0.5, 0.6) is 5.75 Å². The zero-order chi connectivity index (χ0) is 18.5. The molecule has 1 saturated heterocycles. The summed E-state index contributed by atoms with van der Waals surface area (Å²) in [5.41, 5.74) is 2.01.